The van der Waals surface area contributed by atoms with Gasteiger partial charge in [-0.2, -0.15) is 0 Å². The largest absolute Gasteiger partial charge is 0.497 e. The third-order valence-electron chi connectivity index (χ3n) is 5.61. The number of hydrazine groups is 1. The summed E-state index contributed by atoms with van der Waals surface area (Å²) in [4.78, 5) is 15.1. The van der Waals surface area contributed by atoms with Gasteiger partial charge in [-0.3, -0.25) is 15.6 Å². The zero-order valence-electron chi connectivity index (χ0n) is 15.3. The fraction of sp³-hybridized carbons (Fsp3) is 0.381. The first-order chi connectivity index (χ1) is 13.2. The van der Waals surface area contributed by atoms with Crippen LogP contribution in [0.2, 0.25) is 5.02 Å². The molecule has 2 aliphatic heterocycles. The Morgan fingerprint density at radius 1 is 1.22 bits per heavy atom. The lowest BCUT2D eigenvalue weighted by atomic mass is 9.87. The Balaban J connectivity index is 1.57. The molecule has 2 saturated heterocycles. The number of carbonyl (C=O) groups is 1. The van der Waals surface area contributed by atoms with Crippen molar-refractivity contribution in [1.29, 1.82) is 0 Å². The summed E-state index contributed by atoms with van der Waals surface area (Å²) in [7, 11) is 1.69. The van der Waals surface area contributed by atoms with Crippen molar-refractivity contribution in [2.45, 2.75) is 30.8 Å². The first kappa shape index (κ1) is 18.3. The highest BCUT2D eigenvalue weighted by molar-refractivity contribution is 6.30. The minimum Gasteiger partial charge on any atom is -0.497 e. The highest BCUT2D eigenvalue weighted by Gasteiger charge is 2.41. The molecule has 0 saturated carbocycles. The molecule has 2 aromatic rings. The smallest absolute Gasteiger partial charge is 0.254 e. The van der Waals surface area contributed by atoms with Crippen LogP contribution in [0.15, 0.2) is 48.5 Å². The predicted molar refractivity (Wildman–Crippen MR) is 106 cm³/mol. The van der Waals surface area contributed by atoms with Crippen molar-refractivity contribution in [3.8, 4) is 5.75 Å². The normalized spacial score (nSPS) is 25.0. The zero-order chi connectivity index (χ0) is 18.8. The lowest BCUT2D eigenvalue weighted by Crippen LogP contribution is -2.49. The number of benzene rings is 2. The summed E-state index contributed by atoms with van der Waals surface area (Å²) in [5.41, 5.74) is 8.63. The van der Waals surface area contributed by atoms with Crippen molar-refractivity contribution in [1.82, 2.24) is 15.8 Å². The van der Waals surface area contributed by atoms with E-state index in [1.807, 2.05) is 17.0 Å². The molecule has 4 rings (SSSR count). The van der Waals surface area contributed by atoms with Gasteiger partial charge in [0.2, 0.25) is 0 Å². The van der Waals surface area contributed by atoms with E-state index in [1.54, 1.807) is 31.4 Å². The quantitative estimate of drug-likeness (QED) is 0.848. The molecular formula is C21H24ClN3O2. The van der Waals surface area contributed by atoms with E-state index in [2.05, 4.69) is 23.0 Å². The lowest BCUT2D eigenvalue weighted by Gasteiger charge is -2.32. The highest BCUT2D eigenvalue weighted by atomic mass is 35.5. The summed E-state index contributed by atoms with van der Waals surface area (Å²) in [6, 6.07) is 15.7. The maximum absolute atomic E-state index is 13.1. The molecule has 1 amide bonds. The average molecular weight is 386 g/mol. The third-order valence-corrected chi connectivity index (χ3v) is 5.86. The molecule has 27 heavy (non-hydrogen) atoms. The summed E-state index contributed by atoms with van der Waals surface area (Å²) >= 11 is 5.97. The second kappa shape index (κ2) is 7.89. The molecule has 0 aliphatic carbocycles. The van der Waals surface area contributed by atoms with E-state index in [0.717, 1.165) is 31.7 Å². The second-order valence-corrected chi connectivity index (χ2v) is 7.59. The standard InChI is InChI=1S/C21H24ClN3O2/c1-27-17-5-2-4-15(12-17)18-13-23-24-20(18)19-6-3-11-25(19)21(26)14-7-9-16(22)10-8-14/h2,4-5,7-10,12,18-20,23-24H,3,6,11,13H2,1H3. The molecule has 3 atom stereocenters. The Morgan fingerprint density at radius 3 is 2.81 bits per heavy atom. The molecule has 0 radical (unpaired) electrons. The molecule has 2 N–H and O–H groups in total. The van der Waals surface area contributed by atoms with Gasteiger partial charge in [0.05, 0.1) is 7.11 Å². The van der Waals surface area contributed by atoms with Crippen LogP contribution in [-0.2, 0) is 0 Å². The van der Waals surface area contributed by atoms with E-state index >= 15 is 0 Å². The number of amides is 1. The van der Waals surface area contributed by atoms with Crippen LogP contribution in [0, 0.1) is 0 Å². The number of likely N-dealkylation sites (tertiary alicyclic amines) is 1. The van der Waals surface area contributed by atoms with Gasteiger partial charge in [0.1, 0.15) is 5.75 Å². The molecule has 2 heterocycles. The fourth-order valence-electron chi connectivity index (χ4n) is 4.25. The van der Waals surface area contributed by atoms with Gasteiger partial charge in [-0.05, 0) is 54.8 Å². The summed E-state index contributed by atoms with van der Waals surface area (Å²) in [5, 5.41) is 0.643. The molecule has 142 valence electrons. The van der Waals surface area contributed by atoms with E-state index in [-0.39, 0.29) is 23.9 Å². The summed E-state index contributed by atoms with van der Waals surface area (Å²) < 4.78 is 5.39. The van der Waals surface area contributed by atoms with E-state index < -0.39 is 0 Å². The van der Waals surface area contributed by atoms with Crippen molar-refractivity contribution < 1.29 is 9.53 Å². The van der Waals surface area contributed by atoms with Gasteiger partial charge in [0.25, 0.3) is 5.91 Å². The fourth-order valence-corrected chi connectivity index (χ4v) is 4.38. The highest BCUT2D eigenvalue weighted by Crippen LogP contribution is 2.33. The maximum Gasteiger partial charge on any atom is 0.254 e. The third kappa shape index (κ3) is 3.68. The Kier molecular flexibility index (Phi) is 5.34. The average Bonchev–Trinajstić information content (AvgIpc) is 3.37. The van der Waals surface area contributed by atoms with Gasteiger partial charge in [-0.15, -0.1) is 0 Å². The topological polar surface area (TPSA) is 53.6 Å². The SMILES string of the molecule is COc1cccc(C2CNNC2C2CCCN2C(=O)c2ccc(Cl)cc2)c1. The van der Waals surface area contributed by atoms with Crippen molar-refractivity contribution in [2.75, 3.05) is 20.2 Å². The van der Waals surface area contributed by atoms with Gasteiger partial charge < -0.3 is 9.64 Å². The van der Waals surface area contributed by atoms with Gasteiger partial charge >= 0.3 is 0 Å². The predicted octanol–water partition coefficient (Wildman–Crippen LogP) is 3.21. The zero-order valence-corrected chi connectivity index (χ0v) is 16.1. The van der Waals surface area contributed by atoms with Gasteiger partial charge in [-0.25, -0.2) is 0 Å². The number of nitrogens with zero attached hydrogens (tertiary/aromatic N) is 1. The summed E-state index contributed by atoms with van der Waals surface area (Å²) in [6.45, 7) is 1.62. The Labute approximate surface area is 164 Å². The number of carbonyl (C=O) groups excluding carboxylic acids is 1. The molecule has 0 aromatic heterocycles. The molecular weight excluding hydrogens is 362 g/mol. The number of nitrogens with one attached hydrogen (secondary N) is 2. The number of methoxy groups -OCH3 is 1. The molecule has 0 spiro atoms. The monoisotopic (exact) mass is 385 g/mol. The van der Waals surface area contributed by atoms with Crippen LogP contribution in [0.3, 0.4) is 0 Å². The van der Waals surface area contributed by atoms with Crippen LogP contribution < -0.4 is 15.6 Å². The number of rotatable bonds is 4. The number of halogens is 1. The van der Waals surface area contributed by atoms with Crippen molar-refractivity contribution in [2.24, 2.45) is 0 Å². The maximum atomic E-state index is 13.1. The summed E-state index contributed by atoms with van der Waals surface area (Å²) in [6.07, 6.45) is 2.02. The first-order valence-electron chi connectivity index (χ1n) is 9.36. The van der Waals surface area contributed by atoms with Gasteiger partial charge in [-0.1, -0.05) is 23.7 Å². The van der Waals surface area contributed by atoms with Crippen LogP contribution in [0.5, 0.6) is 5.75 Å². The van der Waals surface area contributed by atoms with E-state index in [0.29, 0.717) is 10.6 Å². The lowest BCUT2D eigenvalue weighted by molar-refractivity contribution is 0.0704. The molecule has 2 aromatic carbocycles. The Hall–Kier alpha value is -2.08. The Bertz CT molecular complexity index is 811. The molecule has 2 fully saturated rings. The number of ether oxygens (including phenoxy) is 1. The minimum absolute atomic E-state index is 0.0762. The van der Waals surface area contributed by atoms with Crippen molar-refractivity contribution >= 4 is 17.5 Å². The number of hydrogen-bond donors (Lipinski definition) is 2. The molecule has 2 aliphatic rings. The van der Waals surface area contributed by atoms with Crippen molar-refractivity contribution in [3.05, 3.63) is 64.7 Å². The molecule has 3 unspecified atom stereocenters. The van der Waals surface area contributed by atoms with Crippen LogP contribution in [0.1, 0.15) is 34.7 Å². The Morgan fingerprint density at radius 2 is 2.04 bits per heavy atom. The van der Waals surface area contributed by atoms with Gasteiger partial charge in [0.15, 0.2) is 0 Å². The molecule has 0 bridgehead atoms. The molecule has 6 heteroatoms. The van der Waals surface area contributed by atoms with Crippen LogP contribution in [-0.4, -0.2) is 43.1 Å². The molecule has 5 nitrogen and oxygen atoms in total. The van der Waals surface area contributed by atoms with Gasteiger partial charge in [0, 0.05) is 41.7 Å². The van der Waals surface area contributed by atoms with E-state index in [1.165, 1.54) is 5.56 Å². The van der Waals surface area contributed by atoms with Crippen LogP contribution >= 0.6 is 11.6 Å². The van der Waals surface area contributed by atoms with Crippen molar-refractivity contribution in [3.63, 3.8) is 0 Å². The number of hydrogen-bond acceptors (Lipinski definition) is 4. The first-order valence-corrected chi connectivity index (χ1v) is 9.74. The van der Waals surface area contributed by atoms with E-state index in [4.69, 9.17) is 16.3 Å². The van der Waals surface area contributed by atoms with E-state index in [9.17, 15) is 4.79 Å². The van der Waals surface area contributed by atoms with Crippen LogP contribution in [0.4, 0.5) is 0 Å². The second-order valence-electron chi connectivity index (χ2n) is 7.15. The minimum atomic E-state index is 0.0762. The van der Waals surface area contributed by atoms with Crippen LogP contribution in [0.25, 0.3) is 0 Å². The summed E-state index contributed by atoms with van der Waals surface area (Å²) in [5.74, 6) is 1.22.